The monoisotopic (exact) mass is 291 g/mol. The maximum Gasteiger partial charge on any atom is 0.305 e. The Morgan fingerprint density at radius 1 is 1.33 bits per heavy atom. The third-order valence-electron chi connectivity index (χ3n) is 3.25. The molecule has 0 unspecified atom stereocenters. The average molecular weight is 291 g/mol. The molecule has 1 aromatic heterocycles. The lowest BCUT2D eigenvalue weighted by atomic mass is 10.2. The van der Waals surface area contributed by atoms with Gasteiger partial charge in [-0.3, -0.25) is 10.1 Å². The normalized spacial score (nSPS) is 10.8. The van der Waals surface area contributed by atoms with Gasteiger partial charge in [-0.15, -0.1) is 0 Å². The molecule has 0 bridgehead atoms. The molecule has 1 aromatic carbocycles. The molecule has 1 N–H and O–H groups in total. The van der Waals surface area contributed by atoms with Crippen molar-refractivity contribution in [1.82, 2.24) is 9.88 Å². The van der Waals surface area contributed by atoms with E-state index in [1.807, 2.05) is 22.9 Å². The molecule has 0 fully saturated rings. The molecule has 0 amide bonds. The van der Waals surface area contributed by atoms with Gasteiger partial charge in [0.15, 0.2) is 0 Å². The van der Waals surface area contributed by atoms with Crippen molar-refractivity contribution in [1.29, 1.82) is 0 Å². The van der Waals surface area contributed by atoms with E-state index >= 15 is 0 Å². The van der Waals surface area contributed by atoms with E-state index in [0.29, 0.717) is 12.1 Å². The van der Waals surface area contributed by atoms with Crippen molar-refractivity contribution in [3.63, 3.8) is 0 Å². The Hall–Kier alpha value is -2.21. The average Bonchev–Trinajstić information content (AvgIpc) is 2.88. The summed E-state index contributed by atoms with van der Waals surface area (Å²) in [5.41, 5.74) is 0.858. The summed E-state index contributed by atoms with van der Waals surface area (Å²) in [5, 5.41) is 14.1. The third-order valence-corrected chi connectivity index (χ3v) is 3.25. The lowest BCUT2D eigenvalue weighted by molar-refractivity contribution is -0.387. The first-order valence-electron chi connectivity index (χ1n) is 6.90. The lowest BCUT2D eigenvalue weighted by Crippen LogP contribution is -2.17. The Labute approximate surface area is 122 Å². The van der Waals surface area contributed by atoms with E-state index in [4.69, 9.17) is 0 Å². The van der Waals surface area contributed by atoms with Crippen molar-refractivity contribution >= 4 is 5.69 Å². The van der Waals surface area contributed by atoms with Gasteiger partial charge in [-0.2, -0.15) is 4.39 Å². The van der Waals surface area contributed by atoms with Crippen molar-refractivity contribution in [2.24, 2.45) is 0 Å². The van der Waals surface area contributed by atoms with Crippen molar-refractivity contribution in [2.75, 3.05) is 6.54 Å². The van der Waals surface area contributed by atoms with Crippen molar-refractivity contribution in [3.05, 3.63) is 63.7 Å². The first-order valence-corrected chi connectivity index (χ1v) is 6.90. The van der Waals surface area contributed by atoms with Crippen LogP contribution < -0.4 is 5.32 Å². The van der Waals surface area contributed by atoms with Gasteiger partial charge in [0.25, 0.3) is 0 Å². The quantitative estimate of drug-likeness (QED) is 0.484. The van der Waals surface area contributed by atoms with Gasteiger partial charge in [0.1, 0.15) is 0 Å². The molecule has 6 heteroatoms. The fourth-order valence-electron chi connectivity index (χ4n) is 2.17. The molecule has 0 saturated heterocycles. The van der Waals surface area contributed by atoms with Gasteiger partial charge in [-0.25, -0.2) is 0 Å². The first-order chi connectivity index (χ1) is 10.1. The second-order valence-electron chi connectivity index (χ2n) is 4.81. The van der Waals surface area contributed by atoms with E-state index in [-0.39, 0.29) is 6.54 Å². The highest BCUT2D eigenvalue weighted by atomic mass is 19.1. The van der Waals surface area contributed by atoms with Gasteiger partial charge in [0, 0.05) is 30.1 Å². The molecular weight excluding hydrogens is 273 g/mol. The minimum absolute atomic E-state index is 0.281. The van der Waals surface area contributed by atoms with Gasteiger partial charge in [0.2, 0.25) is 5.82 Å². The highest BCUT2D eigenvalue weighted by Crippen LogP contribution is 2.21. The van der Waals surface area contributed by atoms with Crippen LogP contribution in [0, 0.1) is 15.9 Å². The first kappa shape index (κ1) is 15.2. The van der Waals surface area contributed by atoms with Crippen LogP contribution in [0.15, 0.2) is 36.5 Å². The summed E-state index contributed by atoms with van der Waals surface area (Å²) < 4.78 is 16.0. The summed E-state index contributed by atoms with van der Waals surface area (Å²) in [4.78, 5) is 10.1. The number of nitrogens with zero attached hydrogens (tertiary/aromatic N) is 2. The van der Waals surface area contributed by atoms with Gasteiger partial charge >= 0.3 is 5.69 Å². The highest BCUT2D eigenvalue weighted by Gasteiger charge is 2.17. The minimum Gasteiger partial charge on any atom is -0.346 e. The summed E-state index contributed by atoms with van der Waals surface area (Å²) in [6, 6.07) is 8.11. The molecule has 21 heavy (non-hydrogen) atoms. The fourth-order valence-corrected chi connectivity index (χ4v) is 2.17. The smallest absolute Gasteiger partial charge is 0.305 e. The lowest BCUT2D eigenvalue weighted by Gasteiger charge is -2.11. The zero-order valence-corrected chi connectivity index (χ0v) is 11.9. The molecule has 2 aromatic rings. The molecule has 5 nitrogen and oxygen atoms in total. The van der Waals surface area contributed by atoms with Crippen LogP contribution in [0.1, 0.15) is 24.6 Å². The molecule has 2 rings (SSSR count). The number of hydrogen-bond acceptors (Lipinski definition) is 3. The number of nitro groups is 1. The molecule has 1 heterocycles. The number of halogens is 1. The Balaban J connectivity index is 2.17. The maximum atomic E-state index is 14.1. The maximum absolute atomic E-state index is 14.1. The molecule has 112 valence electrons. The second-order valence-corrected chi connectivity index (χ2v) is 4.81. The zero-order chi connectivity index (χ0) is 15.2. The van der Waals surface area contributed by atoms with Gasteiger partial charge in [-0.05, 0) is 25.1 Å². The fraction of sp³-hybridized carbons (Fsp3) is 0.333. The summed E-state index contributed by atoms with van der Waals surface area (Å²) >= 11 is 0. The van der Waals surface area contributed by atoms with Crippen molar-refractivity contribution in [2.45, 2.75) is 26.4 Å². The molecule has 0 aliphatic rings. The Morgan fingerprint density at radius 3 is 2.86 bits per heavy atom. The topological polar surface area (TPSA) is 60.1 Å². The SMILES string of the molecule is CCCNCc1cccn1Cc1cccc([N+](=O)[O-])c1F. The number of benzene rings is 1. The molecule has 0 atom stereocenters. The van der Waals surface area contributed by atoms with E-state index in [0.717, 1.165) is 18.7 Å². The predicted molar refractivity (Wildman–Crippen MR) is 78.6 cm³/mol. The standard InChI is InChI=1S/C15H18FN3O2/c1-2-8-17-10-13-6-4-9-18(13)11-12-5-3-7-14(15(12)16)19(20)21/h3-7,9,17H,2,8,10-11H2,1H3. The van der Waals surface area contributed by atoms with Crippen LogP contribution in [0.3, 0.4) is 0 Å². The molecule has 0 aliphatic heterocycles. The van der Waals surface area contributed by atoms with Crippen LogP contribution in [-0.2, 0) is 13.1 Å². The zero-order valence-electron chi connectivity index (χ0n) is 11.9. The van der Waals surface area contributed by atoms with E-state index < -0.39 is 16.4 Å². The van der Waals surface area contributed by atoms with E-state index in [2.05, 4.69) is 12.2 Å². The molecular formula is C15H18FN3O2. The number of rotatable bonds is 7. The number of aromatic nitrogens is 1. The Morgan fingerprint density at radius 2 is 2.14 bits per heavy atom. The second kappa shape index (κ2) is 6.99. The highest BCUT2D eigenvalue weighted by molar-refractivity contribution is 5.37. The van der Waals surface area contributed by atoms with Crippen LogP contribution in [0.2, 0.25) is 0 Å². The number of nitro benzene ring substituents is 1. The van der Waals surface area contributed by atoms with Crippen LogP contribution in [0.25, 0.3) is 0 Å². The Bertz CT molecular complexity index is 625. The van der Waals surface area contributed by atoms with Crippen LogP contribution in [0.4, 0.5) is 10.1 Å². The van der Waals surface area contributed by atoms with Crippen LogP contribution in [0.5, 0.6) is 0 Å². The van der Waals surface area contributed by atoms with Gasteiger partial charge < -0.3 is 9.88 Å². The van der Waals surface area contributed by atoms with Crippen molar-refractivity contribution in [3.8, 4) is 0 Å². The molecule has 0 saturated carbocycles. The van der Waals surface area contributed by atoms with Crippen LogP contribution in [-0.4, -0.2) is 16.0 Å². The summed E-state index contributed by atoms with van der Waals surface area (Å²) in [5.74, 6) is -0.760. The Kier molecular flexibility index (Phi) is 5.05. The van der Waals surface area contributed by atoms with Crippen molar-refractivity contribution < 1.29 is 9.31 Å². The largest absolute Gasteiger partial charge is 0.346 e. The summed E-state index contributed by atoms with van der Waals surface area (Å²) in [6.45, 7) is 3.97. The van der Waals surface area contributed by atoms with E-state index in [1.54, 1.807) is 6.07 Å². The van der Waals surface area contributed by atoms with Crippen LogP contribution >= 0.6 is 0 Å². The predicted octanol–water partition coefficient (Wildman–Crippen LogP) is 3.08. The summed E-state index contributed by atoms with van der Waals surface area (Å²) in [7, 11) is 0. The summed E-state index contributed by atoms with van der Waals surface area (Å²) in [6.07, 6.45) is 2.89. The third kappa shape index (κ3) is 3.66. The molecule has 0 spiro atoms. The van der Waals surface area contributed by atoms with Gasteiger partial charge in [0.05, 0.1) is 11.5 Å². The van der Waals surface area contributed by atoms with Gasteiger partial charge in [-0.1, -0.05) is 19.1 Å². The number of hydrogen-bond donors (Lipinski definition) is 1. The van der Waals surface area contributed by atoms with E-state index in [1.165, 1.54) is 12.1 Å². The molecule has 0 radical (unpaired) electrons. The minimum atomic E-state index is -0.760. The molecule has 0 aliphatic carbocycles. The number of nitrogens with one attached hydrogen (secondary N) is 1. The van der Waals surface area contributed by atoms with E-state index in [9.17, 15) is 14.5 Å².